The van der Waals surface area contributed by atoms with Crippen LogP contribution in [-0.2, 0) is 6.42 Å². The van der Waals surface area contributed by atoms with Crippen molar-refractivity contribution in [2.75, 3.05) is 26.7 Å². The molecule has 0 amide bonds. The summed E-state index contributed by atoms with van der Waals surface area (Å²) in [4.78, 5) is 6.81. The molecule has 2 N–H and O–H groups in total. The number of halogens is 1. The van der Waals surface area contributed by atoms with Crippen LogP contribution in [0.4, 0.5) is 4.39 Å². The third kappa shape index (κ3) is 5.20. The normalized spacial score (nSPS) is 22.6. The summed E-state index contributed by atoms with van der Waals surface area (Å²) >= 11 is 0. The highest BCUT2D eigenvalue weighted by atomic mass is 19.1. The Morgan fingerprint density at radius 3 is 2.57 bits per heavy atom. The van der Waals surface area contributed by atoms with Crippen molar-refractivity contribution in [3.05, 3.63) is 35.6 Å². The van der Waals surface area contributed by atoms with Crippen LogP contribution in [0.1, 0.15) is 26.3 Å². The largest absolute Gasteiger partial charge is 0.356 e. The third-order valence-electron chi connectivity index (χ3n) is 4.54. The van der Waals surface area contributed by atoms with Crippen molar-refractivity contribution in [3.63, 3.8) is 0 Å². The van der Waals surface area contributed by atoms with E-state index in [4.69, 9.17) is 0 Å². The van der Waals surface area contributed by atoms with Crippen molar-refractivity contribution in [2.24, 2.45) is 10.9 Å². The Labute approximate surface area is 139 Å². The molecule has 0 aromatic heterocycles. The van der Waals surface area contributed by atoms with Crippen molar-refractivity contribution in [1.29, 1.82) is 0 Å². The standard InChI is InChI=1S/C18H29FN4/c1-13(2)23-11-14(3)17(12-23)22-18(20-4)21-10-9-15-5-7-16(19)8-6-15/h5-8,13-14,17H,9-12H2,1-4H3,(H2,20,21,22). The number of nitrogens with zero attached hydrogens (tertiary/aromatic N) is 2. The SMILES string of the molecule is CN=C(NCCc1ccc(F)cc1)NC1CN(C(C)C)CC1C. The summed E-state index contributed by atoms with van der Waals surface area (Å²) in [6.45, 7) is 9.72. The van der Waals surface area contributed by atoms with E-state index in [0.717, 1.165) is 37.6 Å². The summed E-state index contributed by atoms with van der Waals surface area (Å²) in [7, 11) is 1.80. The molecule has 1 aromatic carbocycles. The minimum Gasteiger partial charge on any atom is -0.356 e. The van der Waals surface area contributed by atoms with E-state index >= 15 is 0 Å². The Bertz CT molecular complexity index is 512. The molecule has 1 aliphatic rings. The lowest BCUT2D eigenvalue weighted by Gasteiger charge is -2.22. The van der Waals surface area contributed by atoms with E-state index < -0.39 is 0 Å². The number of aliphatic imine (C=N–C) groups is 1. The van der Waals surface area contributed by atoms with Gasteiger partial charge in [-0.1, -0.05) is 19.1 Å². The predicted octanol–water partition coefficient (Wildman–Crippen LogP) is 2.26. The third-order valence-corrected chi connectivity index (χ3v) is 4.54. The smallest absolute Gasteiger partial charge is 0.191 e. The summed E-state index contributed by atoms with van der Waals surface area (Å²) in [6.07, 6.45) is 0.847. The molecule has 0 radical (unpaired) electrons. The molecule has 23 heavy (non-hydrogen) atoms. The summed E-state index contributed by atoms with van der Waals surface area (Å²) in [5.74, 6) is 1.26. The number of hydrogen-bond acceptors (Lipinski definition) is 2. The van der Waals surface area contributed by atoms with Gasteiger partial charge in [0.15, 0.2) is 5.96 Å². The fourth-order valence-corrected chi connectivity index (χ4v) is 2.96. The van der Waals surface area contributed by atoms with E-state index in [1.807, 2.05) is 12.1 Å². The second-order valence-electron chi connectivity index (χ2n) is 6.65. The average Bonchev–Trinajstić information content (AvgIpc) is 2.89. The maximum atomic E-state index is 12.9. The molecule has 1 saturated heterocycles. The van der Waals surface area contributed by atoms with Crippen LogP contribution >= 0.6 is 0 Å². The van der Waals surface area contributed by atoms with Crippen molar-refractivity contribution in [2.45, 2.75) is 39.3 Å². The van der Waals surface area contributed by atoms with E-state index in [-0.39, 0.29) is 5.82 Å². The highest BCUT2D eigenvalue weighted by molar-refractivity contribution is 5.80. The van der Waals surface area contributed by atoms with Crippen molar-refractivity contribution in [1.82, 2.24) is 15.5 Å². The molecule has 0 spiro atoms. The molecule has 1 fully saturated rings. The van der Waals surface area contributed by atoms with Crippen LogP contribution in [0.25, 0.3) is 0 Å². The molecule has 4 nitrogen and oxygen atoms in total. The molecule has 2 atom stereocenters. The van der Waals surface area contributed by atoms with Crippen molar-refractivity contribution in [3.8, 4) is 0 Å². The lowest BCUT2D eigenvalue weighted by Crippen LogP contribution is -2.47. The van der Waals surface area contributed by atoms with Gasteiger partial charge in [-0.3, -0.25) is 9.89 Å². The van der Waals surface area contributed by atoms with Crippen LogP contribution in [0.5, 0.6) is 0 Å². The molecule has 2 unspecified atom stereocenters. The van der Waals surface area contributed by atoms with Gasteiger partial charge in [-0.25, -0.2) is 4.39 Å². The molecule has 0 aliphatic carbocycles. The zero-order valence-electron chi connectivity index (χ0n) is 14.6. The molecule has 1 aromatic rings. The van der Waals surface area contributed by atoms with Gasteiger partial charge in [0.05, 0.1) is 0 Å². The van der Waals surface area contributed by atoms with Gasteiger partial charge in [-0.2, -0.15) is 0 Å². The zero-order chi connectivity index (χ0) is 16.8. The Kier molecular flexibility index (Phi) is 6.39. The van der Waals surface area contributed by atoms with Crippen LogP contribution in [-0.4, -0.2) is 49.6 Å². The molecule has 0 saturated carbocycles. The second kappa shape index (κ2) is 8.29. The van der Waals surface area contributed by atoms with Gasteiger partial charge in [0.25, 0.3) is 0 Å². The van der Waals surface area contributed by atoms with Gasteiger partial charge in [0, 0.05) is 38.8 Å². The van der Waals surface area contributed by atoms with E-state index in [0.29, 0.717) is 18.0 Å². The molecule has 1 aliphatic heterocycles. The van der Waals surface area contributed by atoms with Crippen LogP contribution < -0.4 is 10.6 Å². The van der Waals surface area contributed by atoms with Gasteiger partial charge in [0.2, 0.25) is 0 Å². The van der Waals surface area contributed by atoms with Gasteiger partial charge in [-0.15, -0.1) is 0 Å². The first-order chi connectivity index (χ1) is 11.0. The lowest BCUT2D eigenvalue weighted by molar-refractivity contribution is 0.265. The number of nitrogens with one attached hydrogen (secondary N) is 2. The van der Waals surface area contributed by atoms with E-state index in [1.54, 1.807) is 7.05 Å². The van der Waals surface area contributed by atoms with Crippen molar-refractivity contribution < 1.29 is 4.39 Å². The topological polar surface area (TPSA) is 39.7 Å². The molecule has 5 heteroatoms. The maximum absolute atomic E-state index is 12.9. The number of benzene rings is 1. The number of likely N-dealkylation sites (tertiary alicyclic amines) is 1. The minimum atomic E-state index is -0.191. The molecular formula is C18H29FN4. The molecular weight excluding hydrogens is 291 g/mol. The van der Waals surface area contributed by atoms with Crippen LogP contribution in [0.3, 0.4) is 0 Å². The maximum Gasteiger partial charge on any atom is 0.191 e. The van der Waals surface area contributed by atoms with Gasteiger partial charge in [-0.05, 0) is 43.9 Å². The van der Waals surface area contributed by atoms with Gasteiger partial charge >= 0.3 is 0 Å². The monoisotopic (exact) mass is 320 g/mol. The fraction of sp³-hybridized carbons (Fsp3) is 0.611. The van der Waals surface area contributed by atoms with Crippen LogP contribution in [0.2, 0.25) is 0 Å². The Morgan fingerprint density at radius 2 is 2.00 bits per heavy atom. The predicted molar refractivity (Wildman–Crippen MR) is 94.3 cm³/mol. The lowest BCUT2D eigenvalue weighted by atomic mass is 10.1. The van der Waals surface area contributed by atoms with Crippen LogP contribution in [0, 0.1) is 11.7 Å². The van der Waals surface area contributed by atoms with E-state index in [9.17, 15) is 4.39 Å². The minimum absolute atomic E-state index is 0.191. The van der Waals surface area contributed by atoms with E-state index in [1.165, 1.54) is 12.1 Å². The Balaban J connectivity index is 1.78. The zero-order valence-corrected chi connectivity index (χ0v) is 14.6. The fourth-order valence-electron chi connectivity index (χ4n) is 2.96. The first kappa shape index (κ1) is 17.7. The molecule has 128 valence electrons. The summed E-state index contributed by atoms with van der Waals surface area (Å²) in [6, 6.07) is 7.67. The second-order valence-corrected chi connectivity index (χ2v) is 6.65. The number of hydrogen-bond donors (Lipinski definition) is 2. The van der Waals surface area contributed by atoms with Gasteiger partial charge < -0.3 is 10.6 Å². The summed E-state index contributed by atoms with van der Waals surface area (Å²) in [5, 5.41) is 6.88. The molecule has 0 bridgehead atoms. The summed E-state index contributed by atoms with van der Waals surface area (Å²) < 4.78 is 12.9. The first-order valence-corrected chi connectivity index (χ1v) is 8.45. The van der Waals surface area contributed by atoms with Crippen LogP contribution in [0.15, 0.2) is 29.3 Å². The van der Waals surface area contributed by atoms with E-state index in [2.05, 4.69) is 41.3 Å². The average molecular weight is 320 g/mol. The first-order valence-electron chi connectivity index (χ1n) is 8.45. The Hall–Kier alpha value is -1.62. The molecule has 2 rings (SSSR count). The quantitative estimate of drug-likeness (QED) is 0.646. The molecule has 1 heterocycles. The van der Waals surface area contributed by atoms with Gasteiger partial charge in [0.1, 0.15) is 5.82 Å². The summed E-state index contributed by atoms with van der Waals surface area (Å²) in [5.41, 5.74) is 1.12. The number of rotatable bonds is 5. The highest BCUT2D eigenvalue weighted by Gasteiger charge is 2.31. The van der Waals surface area contributed by atoms with Crippen molar-refractivity contribution >= 4 is 5.96 Å². The Morgan fingerprint density at radius 1 is 1.30 bits per heavy atom. The highest BCUT2D eigenvalue weighted by Crippen LogP contribution is 2.18. The number of guanidine groups is 1.